The van der Waals surface area contributed by atoms with E-state index in [0.717, 1.165) is 6.07 Å². The standard InChI is InChI=1S/C14H19N3O7S/c1-8(12(18)17-14(20)15-2)24-13(19)9-5-6-10(23-4)11(7-9)25(21,22)16-3/h5-8,16H,1-4H3,(H2,15,17,18,20)/t8-/m0/s1. The molecule has 0 saturated heterocycles. The van der Waals surface area contributed by atoms with Gasteiger partial charge >= 0.3 is 12.0 Å². The summed E-state index contributed by atoms with van der Waals surface area (Å²) in [6.45, 7) is 1.27. The number of esters is 1. The maximum Gasteiger partial charge on any atom is 0.338 e. The number of rotatable bonds is 6. The van der Waals surface area contributed by atoms with E-state index >= 15 is 0 Å². The summed E-state index contributed by atoms with van der Waals surface area (Å²) >= 11 is 0. The van der Waals surface area contributed by atoms with Crippen LogP contribution in [0.5, 0.6) is 5.75 Å². The maximum absolute atomic E-state index is 12.1. The van der Waals surface area contributed by atoms with E-state index in [-0.39, 0.29) is 16.2 Å². The van der Waals surface area contributed by atoms with Crippen LogP contribution in [-0.4, -0.2) is 53.6 Å². The van der Waals surface area contributed by atoms with Gasteiger partial charge < -0.3 is 14.8 Å². The van der Waals surface area contributed by atoms with E-state index in [2.05, 4.69) is 10.0 Å². The SMILES string of the molecule is CNC(=O)NC(=O)[C@H](C)OC(=O)c1ccc(OC)c(S(=O)(=O)NC)c1. The monoisotopic (exact) mass is 373 g/mol. The molecule has 138 valence electrons. The third-order valence-corrected chi connectivity index (χ3v) is 4.51. The molecule has 1 aromatic rings. The highest BCUT2D eigenvalue weighted by atomic mass is 32.2. The Morgan fingerprint density at radius 2 is 1.80 bits per heavy atom. The molecule has 1 aromatic carbocycles. The van der Waals surface area contributed by atoms with Crippen LogP contribution in [0.4, 0.5) is 4.79 Å². The predicted molar refractivity (Wildman–Crippen MR) is 86.7 cm³/mol. The molecule has 0 saturated carbocycles. The molecular weight excluding hydrogens is 354 g/mol. The quantitative estimate of drug-likeness (QED) is 0.577. The van der Waals surface area contributed by atoms with E-state index in [1.54, 1.807) is 0 Å². The normalized spacial score (nSPS) is 12.0. The molecule has 3 N–H and O–H groups in total. The van der Waals surface area contributed by atoms with Crippen LogP contribution in [0.3, 0.4) is 0 Å². The van der Waals surface area contributed by atoms with Crippen molar-refractivity contribution < 1.29 is 32.3 Å². The number of urea groups is 1. The Hall–Kier alpha value is -2.66. The number of hydrogen-bond acceptors (Lipinski definition) is 7. The summed E-state index contributed by atoms with van der Waals surface area (Å²) in [7, 11) is -0.0581. The summed E-state index contributed by atoms with van der Waals surface area (Å²) < 4.78 is 36.0. The Kier molecular flexibility index (Phi) is 6.88. The van der Waals surface area contributed by atoms with Crippen LogP contribution < -0.4 is 20.1 Å². The first kappa shape index (κ1) is 20.4. The topological polar surface area (TPSA) is 140 Å². The first-order valence-electron chi connectivity index (χ1n) is 7.01. The number of nitrogens with one attached hydrogen (secondary N) is 3. The lowest BCUT2D eigenvalue weighted by atomic mass is 10.2. The molecule has 0 aliphatic heterocycles. The minimum absolute atomic E-state index is 0.0382. The van der Waals surface area contributed by atoms with Gasteiger partial charge in [0, 0.05) is 7.05 Å². The number of ether oxygens (including phenoxy) is 2. The van der Waals surface area contributed by atoms with E-state index in [1.165, 1.54) is 40.3 Å². The van der Waals surface area contributed by atoms with Crippen molar-refractivity contribution in [3.8, 4) is 5.75 Å². The number of imide groups is 1. The fourth-order valence-electron chi connectivity index (χ4n) is 1.68. The molecule has 0 aromatic heterocycles. The Bertz CT molecular complexity index is 777. The number of methoxy groups -OCH3 is 1. The molecule has 11 heteroatoms. The fourth-order valence-corrected chi connectivity index (χ4v) is 2.60. The van der Waals surface area contributed by atoms with E-state index in [0.29, 0.717) is 0 Å². The van der Waals surface area contributed by atoms with Crippen LogP contribution in [0.15, 0.2) is 23.1 Å². The van der Waals surface area contributed by atoms with Crippen molar-refractivity contribution in [2.24, 2.45) is 0 Å². The average molecular weight is 373 g/mol. The second-order valence-electron chi connectivity index (χ2n) is 4.69. The van der Waals surface area contributed by atoms with Gasteiger partial charge in [-0.2, -0.15) is 0 Å². The molecule has 3 amide bonds. The van der Waals surface area contributed by atoms with Crippen molar-refractivity contribution >= 4 is 27.9 Å². The number of hydrogen-bond donors (Lipinski definition) is 3. The molecule has 0 aliphatic carbocycles. The number of sulfonamides is 1. The lowest BCUT2D eigenvalue weighted by Crippen LogP contribution is -2.43. The van der Waals surface area contributed by atoms with Crippen molar-refractivity contribution in [2.45, 2.75) is 17.9 Å². The molecule has 1 atom stereocenters. The van der Waals surface area contributed by atoms with E-state index in [1.807, 2.05) is 5.32 Å². The van der Waals surface area contributed by atoms with Gasteiger partial charge in [0.1, 0.15) is 10.6 Å². The molecule has 0 radical (unpaired) electrons. The largest absolute Gasteiger partial charge is 0.495 e. The Morgan fingerprint density at radius 1 is 1.16 bits per heavy atom. The van der Waals surface area contributed by atoms with Gasteiger partial charge in [0.15, 0.2) is 6.10 Å². The zero-order valence-electron chi connectivity index (χ0n) is 14.1. The summed E-state index contributed by atoms with van der Waals surface area (Å²) in [6.07, 6.45) is -1.27. The van der Waals surface area contributed by atoms with Crippen LogP contribution in [-0.2, 0) is 19.6 Å². The zero-order valence-corrected chi connectivity index (χ0v) is 14.9. The van der Waals surface area contributed by atoms with Gasteiger partial charge in [-0.3, -0.25) is 10.1 Å². The smallest absolute Gasteiger partial charge is 0.338 e. The lowest BCUT2D eigenvalue weighted by molar-refractivity contribution is -0.127. The number of carbonyl (C=O) groups is 3. The summed E-state index contributed by atoms with van der Waals surface area (Å²) in [5.74, 6) is -1.73. The summed E-state index contributed by atoms with van der Waals surface area (Å²) in [5.41, 5.74) is -0.103. The number of carbonyl (C=O) groups excluding carboxylic acids is 3. The zero-order chi connectivity index (χ0) is 19.2. The Balaban J connectivity index is 3.01. The van der Waals surface area contributed by atoms with E-state index in [9.17, 15) is 22.8 Å². The van der Waals surface area contributed by atoms with Crippen molar-refractivity contribution in [1.29, 1.82) is 0 Å². The molecule has 0 unspecified atom stereocenters. The molecule has 1 rings (SSSR count). The Labute approximate surface area is 144 Å². The molecule has 0 fully saturated rings. The van der Waals surface area contributed by atoms with Crippen molar-refractivity contribution in [1.82, 2.24) is 15.4 Å². The number of benzene rings is 1. The molecule has 0 bridgehead atoms. The maximum atomic E-state index is 12.1. The molecule has 25 heavy (non-hydrogen) atoms. The molecule has 0 heterocycles. The molecule has 0 aliphatic rings. The highest BCUT2D eigenvalue weighted by molar-refractivity contribution is 7.89. The Morgan fingerprint density at radius 3 is 2.32 bits per heavy atom. The van der Waals surface area contributed by atoms with Gasteiger partial charge in [0.2, 0.25) is 10.0 Å². The fraction of sp³-hybridized carbons (Fsp3) is 0.357. The van der Waals surface area contributed by atoms with Gasteiger partial charge in [0.05, 0.1) is 12.7 Å². The van der Waals surface area contributed by atoms with Crippen molar-refractivity contribution in [3.05, 3.63) is 23.8 Å². The first-order chi connectivity index (χ1) is 11.7. The molecular formula is C14H19N3O7S. The van der Waals surface area contributed by atoms with Gasteiger partial charge in [0.25, 0.3) is 5.91 Å². The summed E-state index contributed by atoms with van der Waals surface area (Å²) in [6, 6.07) is 2.89. The minimum Gasteiger partial charge on any atom is -0.495 e. The first-order valence-corrected chi connectivity index (χ1v) is 8.49. The van der Waals surface area contributed by atoms with Gasteiger partial charge in [-0.1, -0.05) is 0 Å². The summed E-state index contributed by atoms with van der Waals surface area (Å²) in [5, 5.41) is 4.14. The van der Waals surface area contributed by atoms with E-state index in [4.69, 9.17) is 9.47 Å². The minimum atomic E-state index is -3.88. The summed E-state index contributed by atoms with van der Waals surface area (Å²) in [4.78, 5) is 34.6. The van der Waals surface area contributed by atoms with Crippen molar-refractivity contribution in [3.63, 3.8) is 0 Å². The van der Waals surface area contributed by atoms with E-state index < -0.39 is 34.0 Å². The second-order valence-corrected chi connectivity index (χ2v) is 6.54. The lowest BCUT2D eigenvalue weighted by Gasteiger charge is -2.14. The highest BCUT2D eigenvalue weighted by Gasteiger charge is 2.24. The third kappa shape index (κ3) is 5.16. The van der Waals surface area contributed by atoms with Crippen LogP contribution >= 0.6 is 0 Å². The van der Waals surface area contributed by atoms with Crippen LogP contribution in [0, 0.1) is 0 Å². The van der Waals surface area contributed by atoms with Gasteiger partial charge in [-0.25, -0.2) is 22.7 Å². The highest BCUT2D eigenvalue weighted by Crippen LogP contribution is 2.25. The van der Waals surface area contributed by atoms with Crippen molar-refractivity contribution in [2.75, 3.05) is 21.2 Å². The second kappa shape index (κ2) is 8.44. The molecule has 10 nitrogen and oxygen atoms in total. The average Bonchev–Trinajstić information content (AvgIpc) is 2.60. The van der Waals surface area contributed by atoms with Crippen LogP contribution in [0.25, 0.3) is 0 Å². The van der Waals surface area contributed by atoms with Gasteiger partial charge in [-0.15, -0.1) is 0 Å². The van der Waals surface area contributed by atoms with Crippen LogP contribution in [0.1, 0.15) is 17.3 Å². The van der Waals surface area contributed by atoms with Crippen LogP contribution in [0.2, 0.25) is 0 Å². The van der Waals surface area contributed by atoms with Gasteiger partial charge in [-0.05, 0) is 32.2 Å². The molecule has 0 spiro atoms. The number of amides is 3. The third-order valence-electron chi connectivity index (χ3n) is 3.07. The predicted octanol–water partition coefficient (Wildman–Crippen LogP) is -0.396.